The molecule has 2 rings (SSSR count). The topological polar surface area (TPSA) is 78.5 Å². The monoisotopic (exact) mass is 355 g/mol. The van der Waals surface area contributed by atoms with Crippen molar-refractivity contribution in [2.75, 3.05) is 11.9 Å². The fourth-order valence-corrected chi connectivity index (χ4v) is 2.93. The first-order valence-corrected chi connectivity index (χ1v) is 7.89. The van der Waals surface area contributed by atoms with E-state index < -0.39 is 35.7 Å². The van der Waals surface area contributed by atoms with Gasteiger partial charge >= 0.3 is 6.03 Å². The Morgan fingerprint density at radius 3 is 2.67 bits per heavy atom. The molecular formula is C16H19ClFN3O3. The Morgan fingerprint density at radius 1 is 1.42 bits per heavy atom. The number of nitrogens with zero attached hydrogens (tertiary/aromatic N) is 1. The summed E-state index contributed by atoms with van der Waals surface area (Å²) in [7, 11) is 0. The number of rotatable bonds is 5. The molecule has 0 spiro atoms. The molecule has 1 fully saturated rings. The maximum Gasteiger partial charge on any atom is 0.325 e. The van der Waals surface area contributed by atoms with E-state index in [-0.39, 0.29) is 16.6 Å². The van der Waals surface area contributed by atoms with Crippen molar-refractivity contribution < 1.29 is 18.8 Å². The zero-order valence-electron chi connectivity index (χ0n) is 13.7. The van der Waals surface area contributed by atoms with Gasteiger partial charge in [0.2, 0.25) is 5.91 Å². The molecule has 130 valence electrons. The van der Waals surface area contributed by atoms with Crippen molar-refractivity contribution in [3.05, 3.63) is 29.0 Å². The third kappa shape index (κ3) is 3.84. The van der Waals surface area contributed by atoms with E-state index in [0.717, 1.165) is 11.0 Å². The number of carbonyl (C=O) groups is 3. The largest absolute Gasteiger partial charge is 0.325 e. The van der Waals surface area contributed by atoms with Gasteiger partial charge in [-0.15, -0.1) is 0 Å². The van der Waals surface area contributed by atoms with Crippen LogP contribution in [0.25, 0.3) is 0 Å². The van der Waals surface area contributed by atoms with Gasteiger partial charge in [0.05, 0.1) is 5.69 Å². The van der Waals surface area contributed by atoms with Gasteiger partial charge in [0.25, 0.3) is 5.91 Å². The van der Waals surface area contributed by atoms with E-state index in [1.807, 2.05) is 13.8 Å². The van der Waals surface area contributed by atoms with Crippen LogP contribution in [-0.4, -0.2) is 34.8 Å². The van der Waals surface area contributed by atoms with Gasteiger partial charge in [-0.05, 0) is 37.5 Å². The van der Waals surface area contributed by atoms with Crippen LogP contribution in [0, 0.1) is 11.7 Å². The van der Waals surface area contributed by atoms with Crippen molar-refractivity contribution in [1.82, 2.24) is 10.2 Å². The minimum Gasteiger partial charge on any atom is -0.323 e. The third-order valence-corrected chi connectivity index (χ3v) is 3.90. The Bertz CT molecular complexity index is 695. The van der Waals surface area contributed by atoms with Crippen LogP contribution < -0.4 is 10.6 Å². The van der Waals surface area contributed by atoms with E-state index in [4.69, 9.17) is 11.6 Å². The lowest BCUT2D eigenvalue weighted by molar-refractivity contribution is -0.133. The number of benzene rings is 1. The van der Waals surface area contributed by atoms with Crippen LogP contribution in [0.1, 0.15) is 27.2 Å². The van der Waals surface area contributed by atoms with E-state index in [9.17, 15) is 18.8 Å². The molecule has 1 heterocycles. The number of amides is 4. The van der Waals surface area contributed by atoms with Gasteiger partial charge in [-0.1, -0.05) is 25.4 Å². The van der Waals surface area contributed by atoms with E-state index in [1.165, 1.54) is 12.1 Å². The van der Waals surface area contributed by atoms with E-state index >= 15 is 0 Å². The average Bonchev–Trinajstić information content (AvgIpc) is 2.64. The molecule has 0 aliphatic carbocycles. The van der Waals surface area contributed by atoms with Crippen molar-refractivity contribution in [2.24, 2.45) is 5.92 Å². The molecule has 24 heavy (non-hydrogen) atoms. The number of hydrogen-bond acceptors (Lipinski definition) is 3. The third-order valence-electron chi connectivity index (χ3n) is 3.67. The first kappa shape index (κ1) is 18.2. The first-order valence-electron chi connectivity index (χ1n) is 7.51. The SMILES string of the molecule is CC(C)C[C@]1(C)NC(=O)N(CC(=O)Nc2ccc(Cl)cc2F)C1=O. The van der Waals surface area contributed by atoms with E-state index in [2.05, 4.69) is 10.6 Å². The Hall–Kier alpha value is -2.15. The number of urea groups is 1. The smallest absolute Gasteiger partial charge is 0.323 e. The molecule has 0 bridgehead atoms. The highest BCUT2D eigenvalue weighted by molar-refractivity contribution is 6.30. The predicted molar refractivity (Wildman–Crippen MR) is 88.1 cm³/mol. The Balaban J connectivity index is 2.06. The normalized spacial score (nSPS) is 20.5. The average molecular weight is 356 g/mol. The second kappa shape index (κ2) is 6.76. The first-order chi connectivity index (χ1) is 11.1. The maximum absolute atomic E-state index is 13.7. The van der Waals surface area contributed by atoms with Gasteiger partial charge in [0.1, 0.15) is 17.9 Å². The van der Waals surface area contributed by atoms with Gasteiger partial charge in [-0.3, -0.25) is 14.5 Å². The highest BCUT2D eigenvalue weighted by atomic mass is 35.5. The van der Waals surface area contributed by atoms with Gasteiger partial charge in [0.15, 0.2) is 0 Å². The summed E-state index contributed by atoms with van der Waals surface area (Å²) >= 11 is 5.64. The molecule has 1 aromatic carbocycles. The van der Waals surface area contributed by atoms with Crippen LogP contribution in [0.15, 0.2) is 18.2 Å². The van der Waals surface area contributed by atoms with E-state index in [1.54, 1.807) is 6.92 Å². The van der Waals surface area contributed by atoms with Crippen LogP contribution >= 0.6 is 11.6 Å². The summed E-state index contributed by atoms with van der Waals surface area (Å²) in [5, 5.41) is 5.14. The number of imide groups is 1. The number of nitrogens with one attached hydrogen (secondary N) is 2. The summed E-state index contributed by atoms with van der Waals surface area (Å²) in [6.45, 7) is 5.01. The van der Waals surface area contributed by atoms with Crippen molar-refractivity contribution in [2.45, 2.75) is 32.7 Å². The molecule has 1 aliphatic rings. The fourth-order valence-electron chi connectivity index (χ4n) is 2.77. The molecule has 0 unspecified atom stereocenters. The number of carbonyl (C=O) groups excluding carboxylic acids is 3. The predicted octanol–water partition coefficient (Wildman–Crippen LogP) is 2.77. The molecule has 6 nitrogen and oxygen atoms in total. The summed E-state index contributed by atoms with van der Waals surface area (Å²) in [6, 6.07) is 3.16. The van der Waals surface area contributed by atoms with Crippen molar-refractivity contribution in [3.63, 3.8) is 0 Å². The zero-order chi connectivity index (χ0) is 18.1. The van der Waals surface area contributed by atoms with E-state index in [0.29, 0.717) is 6.42 Å². The van der Waals surface area contributed by atoms with Crippen molar-refractivity contribution >= 4 is 35.1 Å². The second-order valence-corrected chi connectivity index (χ2v) is 6.86. The van der Waals surface area contributed by atoms with Gasteiger partial charge in [-0.2, -0.15) is 0 Å². The number of anilines is 1. The van der Waals surface area contributed by atoms with Crippen LogP contribution in [0.2, 0.25) is 5.02 Å². The summed E-state index contributed by atoms with van der Waals surface area (Å²) < 4.78 is 13.7. The minimum absolute atomic E-state index is 0.0682. The number of halogens is 2. The van der Waals surface area contributed by atoms with Crippen LogP contribution in [-0.2, 0) is 9.59 Å². The van der Waals surface area contributed by atoms with Gasteiger partial charge in [-0.25, -0.2) is 9.18 Å². The van der Waals surface area contributed by atoms with Crippen LogP contribution in [0.4, 0.5) is 14.9 Å². The molecular weight excluding hydrogens is 337 g/mol. The van der Waals surface area contributed by atoms with Gasteiger partial charge in [0, 0.05) is 5.02 Å². The second-order valence-electron chi connectivity index (χ2n) is 6.42. The minimum atomic E-state index is -1.03. The molecule has 4 amide bonds. The van der Waals surface area contributed by atoms with Crippen LogP contribution in [0.3, 0.4) is 0 Å². The zero-order valence-corrected chi connectivity index (χ0v) is 14.4. The summed E-state index contributed by atoms with van der Waals surface area (Å²) in [6.07, 6.45) is 0.460. The van der Waals surface area contributed by atoms with Crippen LogP contribution in [0.5, 0.6) is 0 Å². The fraction of sp³-hybridized carbons (Fsp3) is 0.438. The summed E-state index contributed by atoms with van der Waals surface area (Å²) in [4.78, 5) is 37.3. The highest BCUT2D eigenvalue weighted by Crippen LogP contribution is 2.25. The molecule has 2 N–H and O–H groups in total. The molecule has 1 aromatic rings. The molecule has 0 saturated carbocycles. The Kier molecular flexibility index (Phi) is 5.13. The standard InChI is InChI=1S/C16H19ClFN3O3/c1-9(2)7-16(3)14(23)21(15(24)20-16)8-13(22)19-12-5-4-10(17)6-11(12)18/h4-6,9H,7-8H2,1-3H3,(H,19,22)(H,20,24)/t16-/m0/s1. The number of hydrogen-bond donors (Lipinski definition) is 2. The summed E-state index contributed by atoms with van der Waals surface area (Å²) in [5.41, 5.74) is -1.10. The highest BCUT2D eigenvalue weighted by Gasteiger charge is 2.48. The lowest BCUT2D eigenvalue weighted by Gasteiger charge is -2.23. The molecule has 0 aromatic heterocycles. The molecule has 1 saturated heterocycles. The molecule has 8 heteroatoms. The molecule has 1 atom stereocenters. The van der Waals surface area contributed by atoms with Crippen molar-refractivity contribution in [3.8, 4) is 0 Å². The van der Waals surface area contributed by atoms with Crippen molar-refractivity contribution in [1.29, 1.82) is 0 Å². The summed E-state index contributed by atoms with van der Waals surface area (Å²) in [5.74, 6) is -1.64. The maximum atomic E-state index is 13.7. The quantitative estimate of drug-likeness (QED) is 0.797. The van der Waals surface area contributed by atoms with Gasteiger partial charge < -0.3 is 10.6 Å². The lowest BCUT2D eigenvalue weighted by atomic mass is 9.91. The Morgan fingerprint density at radius 2 is 2.08 bits per heavy atom. The molecule has 0 radical (unpaired) electrons. The Labute approximate surface area is 144 Å². The molecule has 1 aliphatic heterocycles. The lowest BCUT2D eigenvalue weighted by Crippen LogP contribution is -2.45.